The van der Waals surface area contributed by atoms with Crippen LogP contribution in [0.2, 0.25) is 0 Å². The summed E-state index contributed by atoms with van der Waals surface area (Å²) in [4.78, 5) is 2.63. The van der Waals surface area contributed by atoms with E-state index in [0.717, 1.165) is 19.6 Å². The summed E-state index contributed by atoms with van der Waals surface area (Å²) in [5.74, 6) is 0.643. The Morgan fingerprint density at radius 3 is 2.62 bits per heavy atom. The molecule has 0 fully saturated rings. The van der Waals surface area contributed by atoms with Crippen molar-refractivity contribution < 1.29 is 0 Å². The van der Waals surface area contributed by atoms with Crippen LogP contribution in [0.25, 0.3) is 0 Å². The summed E-state index contributed by atoms with van der Waals surface area (Å²) >= 11 is 0. The number of nitrogens with zero attached hydrogens (tertiary/aromatic N) is 1. The van der Waals surface area contributed by atoms with Crippen LogP contribution in [0.15, 0.2) is 12.1 Å². The Kier molecular flexibility index (Phi) is 4.98. The minimum atomic E-state index is 0.262. The number of fused-ring (bicyclic) bond motifs is 1. The zero-order valence-electron chi connectivity index (χ0n) is 14.7. The molecule has 0 radical (unpaired) electrons. The molecule has 1 aromatic rings. The maximum Gasteiger partial charge on any atom is 0.0408 e. The van der Waals surface area contributed by atoms with E-state index in [-0.39, 0.29) is 5.54 Å². The lowest BCUT2D eigenvalue weighted by Gasteiger charge is -2.48. The number of hydrogen-bond acceptors (Lipinski definition) is 2. The number of hydrogen-bond donors (Lipinski definition) is 1. The number of rotatable bonds is 5. The first-order valence-corrected chi connectivity index (χ1v) is 8.52. The largest absolute Gasteiger partial charge is 0.366 e. The molecule has 0 bridgehead atoms. The molecular weight excluding hydrogens is 256 g/mol. The van der Waals surface area contributed by atoms with Crippen molar-refractivity contribution in [2.45, 2.75) is 72.4 Å². The van der Waals surface area contributed by atoms with E-state index in [1.807, 2.05) is 0 Å². The van der Waals surface area contributed by atoms with Crippen LogP contribution in [-0.4, -0.2) is 18.6 Å². The van der Waals surface area contributed by atoms with Gasteiger partial charge in [-0.05, 0) is 68.8 Å². The number of anilines is 1. The minimum absolute atomic E-state index is 0.262. The third-order valence-electron chi connectivity index (χ3n) is 4.86. The van der Waals surface area contributed by atoms with Gasteiger partial charge in [-0.15, -0.1) is 0 Å². The lowest BCUT2D eigenvalue weighted by Crippen LogP contribution is -2.48. The fourth-order valence-electron chi connectivity index (χ4n) is 3.78. The van der Waals surface area contributed by atoms with Gasteiger partial charge in [0.2, 0.25) is 0 Å². The third kappa shape index (κ3) is 3.26. The Balaban J connectivity index is 2.45. The zero-order valence-corrected chi connectivity index (χ0v) is 14.7. The van der Waals surface area contributed by atoms with E-state index < -0.39 is 0 Å². The summed E-state index contributed by atoms with van der Waals surface area (Å²) in [6.45, 7) is 17.0. The van der Waals surface area contributed by atoms with Gasteiger partial charge in [-0.1, -0.05) is 26.8 Å². The van der Waals surface area contributed by atoms with Crippen LogP contribution in [-0.2, 0) is 6.54 Å². The molecule has 1 atom stereocenters. The molecule has 0 aromatic heterocycles. The molecule has 1 unspecified atom stereocenters. The average molecular weight is 288 g/mol. The van der Waals surface area contributed by atoms with Crippen molar-refractivity contribution in [3.8, 4) is 0 Å². The summed E-state index contributed by atoms with van der Waals surface area (Å²) in [5, 5.41) is 3.47. The summed E-state index contributed by atoms with van der Waals surface area (Å²) in [6, 6.07) is 4.88. The Morgan fingerprint density at radius 2 is 2.00 bits per heavy atom. The molecule has 0 amide bonds. The summed E-state index contributed by atoms with van der Waals surface area (Å²) in [5.41, 5.74) is 6.15. The van der Waals surface area contributed by atoms with E-state index in [9.17, 15) is 0 Å². The van der Waals surface area contributed by atoms with Gasteiger partial charge >= 0.3 is 0 Å². The monoisotopic (exact) mass is 288 g/mol. The average Bonchev–Trinajstić information content (AvgIpc) is 2.41. The van der Waals surface area contributed by atoms with Gasteiger partial charge < -0.3 is 10.2 Å². The highest BCUT2D eigenvalue weighted by Gasteiger charge is 2.36. The van der Waals surface area contributed by atoms with Crippen molar-refractivity contribution in [3.63, 3.8) is 0 Å². The molecular formula is C19H32N2. The smallest absolute Gasteiger partial charge is 0.0408 e. The first-order valence-electron chi connectivity index (χ1n) is 8.52. The second-order valence-electron chi connectivity index (χ2n) is 7.19. The molecule has 1 heterocycles. The first-order chi connectivity index (χ1) is 9.90. The van der Waals surface area contributed by atoms with E-state index in [2.05, 4.69) is 63.9 Å². The van der Waals surface area contributed by atoms with Gasteiger partial charge in [-0.3, -0.25) is 0 Å². The summed E-state index contributed by atoms with van der Waals surface area (Å²) < 4.78 is 0. The van der Waals surface area contributed by atoms with Crippen molar-refractivity contribution in [2.24, 2.45) is 0 Å². The molecule has 0 spiro atoms. The fraction of sp³-hybridized carbons (Fsp3) is 0.684. The topological polar surface area (TPSA) is 15.3 Å². The highest BCUT2D eigenvalue weighted by molar-refractivity contribution is 5.62. The normalized spacial score (nSPS) is 20.5. The molecule has 1 aliphatic rings. The van der Waals surface area contributed by atoms with Gasteiger partial charge in [0.15, 0.2) is 0 Å². The Labute approximate surface area is 130 Å². The van der Waals surface area contributed by atoms with E-state index >= 15 is 0 Å². The molecule has 2 nitrogen and oxygen atoms in total. The number of aryl methyl sites for hydroxylation is 1. The van der Waals surface area contributed by atoms with Crippen LogP contribution in [0.5, 0.6) is 0 Å². The van der Waals surface area contributed by atoms with Crippen molar-refractivity contribution in [1.29, 1.82) is 0 Å². The van der Waals surface area contributed by atoms with E-state index in [1.165, 1.54) is 29.7 Å². The maximum atomic E-state index is 3.47. The SMILES string of the molecule is CCCN1c2cc(C)c(CNCC)cc2C(C)CC1(C)C. The maximum absolute atomic E-state index is 3.47. The third-order valence-corrected chi connectivity index (χ3v) is 4.86. The lowest BCUT2D eigenvalue weighted by molar-refractivity contribution is 0.376. The molecule has 2 rings (SSSR count). The lowest BCUT2D eigenvalue weighted by atomic mass is 9.79. The molecule has 1 N–H and O–H groups in total. The molecule has 118 valence electrons. The molecule has 0 aliphatic carbocycles. The Morgan fingerprint density at radius 1 is 1.29 bits per heavy atom. The van der Waals surface area contributed by atoms with E-state index in [4.69, 9.17) is 0 Å². The molecule has 0 saturated carbocycles. The van der Waals surface area contributed by atoms with Gasteiger partial charge in [-0.2, -0.15) is 0 Å². The van der Waals surface area contributed by atoms with Crippen molar-refractivity contribution >= 4 is 5.69 Å². The summed E-state index contributed by atoms with van der Waals surface area (Å²) in [6.07, 6.45) is 2.44. The van der Waals surface area contributed by atoms with Crippen LogP contribution < -0.4 is 10.2 Å². The molecule has 1 aliphatic heterocycles. The number of benzene rings is 1. The van der Waals surface area contributed by atoms with Crippen LogP contribution in [0.4, 0.5) is 5.69 Å². The van der Waals surface area contributed by atoms with Gasteiger partial charge in [0, 0.05) is 24.3 Å². The minimum Gasteiger partial charge on any atom is -0.366 e. The molecule has 0 saturated heterocycles. The highest BCUT2D eigenvalue weighted by Crippen LogP contribution is 2.44. The predicted octanol–water partition coefficient (Wildman–Crippen LogP) is 4.61. The zero-order chi connectivity index (χ0) is 15.6. The van der Waals surface area contributed by atoms with Crippen LogP contribution in [0, 0.1) is 6.92 Å². The molecule has 21 heavy (non-hydrogen) atoms. The van der Waals surface area contributed by atoms with Crippen LogP contribution in [0.1, 0.15) is 70.1 Å². The van der Waals surface area contributed by atoms with Crippen molar-refractivity contribution in [3.05, 3.63) is 28.8 Å². The van der Waals surface area contributed by atoms with Gasteiger partial charge in [-0.25, -0.2) is 0 Å². The van der Waals surface area contributed by atoms with E-state index in [1.54, 1.807) is 5.56 Å². The van der Waals surface area contributed by atoms with Crippen molar-refractivity contribution in [2.75, 3.05) is 18.0 Å². The molecule has 2 heteroatoms. The van der Waals surface area contributed by atoms with E-state index in [0.29, 0.717) is 5.92 Å². The fourth-order valence-corrected chi connectivity index (χ4v) is 3.78. The predicted molar refractivity (Wildman–Crippen MR) is 93.3 cm³/mol. The Bertz CT molecular complexity index is 491. The van der Waals surface area contributed by atoms with Gasteiger partial charge in [0.25, 0.3) is 0 Å². The first kappa shape index (κ1) is 16.4. The highest BCUT2D eigenvalue weighted by atomic mass is 15.2. The number of nitrogens with one attached hydrogen (secondary N) is 1. The van der Waals surface area contributed by atoms with Crippen molar-refractivity contribution in [1.82, 2.24) is 5.32 Å². The van der Waals surface area contributed by atoms with Gasteiger partial charge in [0.1, 0.15) is 0 Å². The Hall–Kier alpha value is -1.02. The van der Waals surface area contributed by atoms with Crippen LogP contribution in [0.3, 0.4) is 0 Å². The standard InChI is InChI=1S/C19H32N2/c1-7-9-21-18-10-14(3)16(13-20-8-2)11-17(18)15(4)12-19(21,5)6/h10-11,15,20H,7-9,12-13H2,1-6H3. The van der Waals surface area contributed by atoms with Crippen LogP contribution >= 0.6 is 0 Å². The summed E-state index contributed by atoms with van der Waals surface area (Å²) in [7, 11) is 0. The van der Waals surface area contributed by atoms with Gasteiger partial charge in [0.05, 0.1) is 0 Å². The molecule has 1 aromatic carbocycles. The quantitative estimate of drug-likeness (QED) is 0.851. The second-order valence-corrected chi connectivity index (χ2v) is 7.19. The second kappa shape index (κ2) is 6.39.